The molecule has 3 N–H and O–H groups in total. The van der Waals surface area contributed by atoms with Gasteiger partial charge in [-0.25, -0.2) is 0 Å². The number of aliphatic hydroxyl groups is 2. The quantitative estimate of drug-likeness (QED) is 0.428. The summed E-state index contributed by atoms with van der Waals surface area (Å²) < 4.78 is 0. The second-order valence-electron chi connectivity index (χ2n) is 6.18. The average Bonchev–Trinajstić information content (AvgIpc) is 2.80. The van der Waals surface area contributed by atoms with Gasteiger partial charge in [0.15, 0.2) is 0 Å². The summed E-state index contributed by atoms with van der Waals surface area (Å²) in [6.45, 7) is 1.95. The van der Waals surface area contributed by atoms with Gasteiger partial charge in [-0.2, -0.15) is 0 Å². The van der Waals surface area contributed by atoms with Crippen LogP contribution in [0, 0.1) is 11.8 Å². The van der Waals surface area contributed by atoms with Crippen LogP contribution in [-0.4, -0.2) is 33.5 Å². The van der Waals surface area contributed by atoms with Crippen molar-refractivity contribution in [2.75, 3.05) is 0 Å². The Morgan fingerprint density at radius 2 is 1.95 bits per heavy atom. The number of carboxylic acid groups (broad SMARTS) is 1. The highest BCUT2D eigenvalue weighted by Gasteiger charge is 2.32. The van der Waals surface area contributed by atoms with Crippen LogP contribution in [-0.2, 0) is 4.79 Å². The smallest absolute Gasteiger partial charge is 0.303 e. The van der Waals surface area contributed by atoms with Crippen molar-refractivity contribution < 1.29 is 20.1 Å². The first kappa shape index (κ1) is 18.2. The van der Waals surface area contributed by atoms with Gasteiger partial charge in [-0.05, 0) is 43.9 Å². The zero-order chi connectivity index (χ0) is 15.7. The van der Waals surface area contributed by atoms with E-state index in [2.05, 4.69) is 6.08 Å². The standard InChI is InChI=1S/C17H30O4/c1-2-14(18)11-9-13-10-12-16(19)15(13)7-5-3-4-6-8-17(20)21/h9,11,13-16,18-19H,2-8,10,12H2,1H3,(H,20,21)/b11-9+. The molecule has 4 unspecified atom stereocenters. The highest BCUT2D eigenvalue weighted by Crippen LogP contribution is 2.36. The van der Waals surface area contributed by atoms with E-state index in [1.807, 2.05) is 13.0 Å². The van der Waals surface area contributed by atoms with Gasteiger partial charge in [0.2, 0.25) is 0 Å². The molecule has 1 fully saturated rings. The molecule has 0 aromatic heterocycles. The van der Waals surface area contributed by atoms with Crippen LogP contribution in [0.15, 0.2) is 12.2 Å². The van der Waals surface area contributed by atoms with E-state index >= 15 is 0 Å². The first-order chi connectivity index (χ1) is 10.0. The van der Waals surface area contributed by atoms with E-state index < -0.39 is 5.97 Å². The Kier molecular flexibility index (Phi) is 8.62. The Balaban J connectivity index is 2.26. The topological polar surface area (TPSA) is 77.8 Å². The predicted octanol–water partition coefficient (Wildman–Crippen LogP) is 3.13. The van der Waals surface area contributed by atoms with Crippen LogP contribution in [0.5, 0.6) is 0 Å². The summed E-state index contributed by atoms with van der Waals surface area (Å²) in [5, 5.41) is 28.2. The largest absolute Gasteiger partial charge is 0.481 e. The Morgan fingerprint density at radius 3 is 2.62 bits per heavy atom. The van der Waals surface area contributed by atoms with Gasteiger partial charge in [0.05, 0.1) is 12.2 Å². The van der Waals surface area contributed by atoms with Crippen molar-refractivity contribution in [2.45, 2.75) is 76.9 Å². The lowest BCUT2D eigenvalue weighted by molar-refractivity contribution is -0.137. The molecule has 1 aliphatic carbocycles. The summed E-state index contributed by atoms with van der Waals surface area (Å²) >= 11 is 0. The van der Waals surface area contributed by atoms with Gasteiger partial charge in [-0.3, -0.25) is 4.79 Å². The molecule has 0 radical (unpaired) electrons. The van der Waals surface area contributed by atoms with Crippen LogP contribution in [0.3, 0.4) is 0 Å². The third-order valence-corrected chi connectivity index (χ3v) is 4.52. The third kappa shape index (κ3) is 7.09. The lowest BCUT2D eigenvalue weighted by Crippen LogP contribution is -2.18. The van der Waals surface area contributed by atoms with Crippen molar-refractivity contribution in [3.05, 3.63) is 12.2 Å². The van der Waals surface area contributed by atoms with E-state index in [0.29, 0.717) is 11.8 Å². The highest BCUT2D eigenvalue weighted by atomic mass is 16.4. The Morgan fingerprint density at radius 1 is 1.24 bits per heavy atom. The molecule has 0 amide bonds. The number of hydrogen-bond acceptors (Lipinski definition) is 3. The Labute approximate surface area is 127 Å². The molecule has 0 aromatic carbocycles. The summed E-state index contributed by atoms with van der Waals surface area (Å²) in [5.74, 6) is -0.0501. The third-order valence-electron chi connectivity index (χ3n) is 4.52. The fraction of sp³-hybridized carbons (Fsp3) is 0.824. The Hall–Kier alpha value is -0.870. The lowest BCUT2D eigenvalue weighted by Gasteiger charge is -2.20. The molecule has 4 nitrogen and oxygen atoms in total. The SMILES string of the molecule is CCC(O)/C=C/C1CCC(O)C1CCCCCCC(=O)O. The van der Waals surface area contributed by atoms with Gasteiger partial charge in [0, 0.05) is 6.42 Å². The molecule has 1 rings (SSSR count). The van der Waals surface area contributed by atoms with Gasteiger partial charge >= 0.3 is 5.97 Å². The second-order valence-corrected chi connectivity index (χ2v) is 6.18. The molecule has 0 bridgehead atoms. The molecule has 1 saturated carbocycles. The number of carboxylic acids is 1. The molecule has 0 aliphatic heterocycles. The van der Waals surface area contributed by atoms with Gasteiger partial charge in [0.25, 0.3) is 0 Å². The molecule has 4 heteroatoms. The normalized spacial score (nSPS) is 27.3. The molecule has 4 atom stereocenters. The molecule has 0 spiro atoms. The molecule has 21 heavy (non-hydrogen) atoms. The molecular weight excluding hydrogens is 268 g/mol. The first-order valence-corrected chi connectivity index (χ1v) is 8.30. The predicted molar refractivity (Wildman–Crippen MR) is 83.0 cm³/mol. The van der Waals surface area contributed by atoms with E-state index in [4.69, 9.17) is 5.11 Å². The number of carbonyl (C=O) groups is 1. The second kappa shape index (κ2) is 9.96. The fourth-order valence-corrected chi connectivity index (χ4v) is 3.14. The van der Waals surface area contributed by atoms with Crippen LogP contribution in [0.25, 0.3) is 0 Å². The van der Waals surface area contributed by atoms with E-state index in [1.165, 1.54) is 0 Å². The minimum atomic E-state index is -0.721. The monoisotopic (exact) mass is 298 g/mol. The minimum absolute atomic E-state index is 0.225. The Bertz CT molecular complexity index is 327. The van der Waals surface area contributed by atoms with Crippen LogP contribution in [0.1, 0.15) is 64.7 Å². The first-order valence-electron chi connectivity index (χ1n) is 8.30. The van der Waals surface area contributed by atoms with Crippen molar-refractivity contribution in [3.63, 3.8) is 0 Å². The maximum Gasteiger partial charge on any atom is 0.303 e. The average molecular weight is 298 g/mol. The van der Waals surface area contributed by atoms with Crippen molar-refractivity contribution in [1.82, 2.24) is 0 Å². The zero-order valence-electron chi connectivity index (χ0n) is 13.1. The maximum absolute atomic E-state index is 10.4. The lowest BCUT2D eigenvalue weighted by atomic mass is 9.88. The number of aliphatic hydroxyl groups excluding tert-OH is 2. The van der Waals surface area contributed by atoms with Crippen LogP contribution >= 0.6 is 0 Å². The number of rotatable bonds is 10. The summed E-state index contributed by atoms with van der Waals surface area (Å²) in [4.78, 5) is 10.4. The van der Waals surface area contributed by atoms with Crippen LogP contribution < -0.4 is 0 Å². The van der Waals surface area contributed by atoms with Crippen molar-refractivity contribution in [2.24, 2.45) is 11.8 Å². The van der Waals surface area contributed by atoms with Crippen molar-refractivity contribution >= 4 is 5.97 Å². The van der Waals surface area contributed by atoms with Gasteiger partial charge in [-0.15, -0.1) is 0 Å². The molecule has 1 aliphatic rings. The number of unbranched alkanes of at least 4 members (excludes halogenated alkanes) is 3. The fourth-order valence-electron chi connectivity index (χ4n) is 3.14. The number of hydrogen-bond donors (Lipinski definition) is 3. The summed E-state index contributed by atoms with van der Waals surface area (Å²) in [7, 11) is 0. The van der Waals surface area contributed by atoms with Gasteiger partial charge in [0.1, 0.15) is 0 Å². The molecular formula is C17H30O4. The summed E-state index contributed by atoms with van der Waals surface area (Å²) in [6.07, 6.45) is 10.9. The molecule has 0 aromatic rings. The summed E-state index contributed by atoms with van der Waals surface area (Å²) in [6, 6.07) is 0. The van der Waals surface area contributed by atoms with E-state index in [-0.39, 0.29) is 18.6 Å². The van der Waals surface area contributed by atoms with Gasteiger partial charge in [-0.1, -0.05) is 38.3 Å². The molecule has 0 saturated heterocycles. The van der Waals surface area contributed by atoms with Crippen LogP contribution in [0.4, 0.5) is 0 Å². The minimum Gasteiger partial charge on any atom is -0.481 e. The van der Waals surface area contributed by atoms with Crippen LogP contribution in [0.2, 0.25) is 0 Å². The van der Waals surface area contributed by atoms with Crippen molar-refractivity contribution in [1.29, 1.82) is 0 Å². The highest BCUT2D eigenvalue weighted by molar-refractivity contribution is 5.66. The molecule has 0 heterocycles. The van der Waals surface area contributed by atoms with E-state index in [9.17, 15) is 15.0 Å². The van der Waals surface area contributed by atoms with E-state index in [0.717, 1.165) is 51.4 Å². The number of aliphatic carboxylic acids is 1. The summed E-state index contributed by atoms with van der Waals surface area (Å²) in [5.41, 5.74) is 0. The zero-order valence-corrected chi connectivity index (χ0v) is 13.1. The van der Waals surface area contributed by atoms with Crippen molar-refractivity contribution in [3.8, 4) is 0 Å². The van der Waals surface area contributed by atoms with E-state index in [1.54, 1.807) is 0 Å². The van der Waals surface area contributed by atoms with Gasteiger partial charge < -0.3 is 15.3 Å². The molecule has 122 valence electrons. The number of allylic oxidation sites excluding steroid dienone is 1. The maximum atomic E-state index is 10.4.